The number of aliphatic carboxylic acids is 1. The number of unbranched alkanes of at least 4 members (excludes halogenated alkanes) is 14. The molecule has 0 aliphatic carbocycles. The molecule has 0 aliphatic rings. The van der Waals surface area contributed by atoms with Gasteiger partial charge in [-0.1, -0.05) is 96.8 Å². The van der Waals surface area contributed by atoms with Crippen molar-refractivity contribution in [3.05, 3.63) is 5.82 Å². The highest BCUT2D eigenvalue weighted by atomic mass is 16.4. The Balaban J connectivity index is 1.81. The minimum absolute atomic E-state index is 0.216. The van der Waals surface area contributed by atoms with Gasteiger partial charge in [-0.3, -0.25) is 4.79 Å². The summed E-state index contributed by atoms with van der Waals surface area (Å²) in [5, 5.41) is 20.4. The third-order valence-corrected chi connectivity index (χ3v) is 4.77. The van der Waals surface area contributed by atoms with E-state index >= 15 is 0 Å². The van der Waals surface area contributed by atoms with Crippen LogP contribution in [0.25, 0.3) is 0 Å². The summed E-state index contributed by atoms with van der Waals surface area (Å²) in [5.74, 6) is -0.290. The highest BCUT2D eigenvalue weighted by Crippen LogP contribution is 2.13. The summed E-state index contributed by atoms with van der Waals surface area (Å²) in [4.78, 5) is 11.7. The fraction of sp³-hybridized carbons (Fsp3) is 0.900. The second-order valence-corrected chi connectivity index (χ2v) is 7.33. The molecule has 0 aromatic carbocycles. The lowest BCUT2D eigenvalue weighted by Gasteiger charge is -2.03. The fourth-order valence-electron chi connectivity index (χ4n) is 3.22. The van der Waals surface area contributed by atoms with Crippen molar-refractivity contribution >= 4 is 5.97 Å². The maximum Gasteiger partial charge on any atom is 0.327 e. The van der Waals surface area contributed by atoms with E-state index in [2.05, 4.69) is 22.3 Å². The number of aromatic nitrogens is 4. The lowest BCUT2D eigenvalue weighted by molar-refractivity contribution is -0.138. The monoisotopic (exact) mass is 366 g/mol. The fourth-order valence-corrected chi connectivity index (χ4v) is 3.22. The molecule has 6 heteroatoms. The summed E-state index contributed by atoms with van der Waals surface area (Å²) in [6.45, 7) is 2.06. The van der Waals surface area contributed by atoms with E-state index in [4.69, 9.17) is 5.11 Å². The van der Waals surface area contributed by atoms with E-state index in [1.165, 1.54) is 89.9 Å². The van der Waals surface area contributed by atoms with Gasteiger partial charge >= 0.3 is 5.97 Å². The van der Waals surface area contributed by atoms with Crippen LogP contribution in [0.1, 0.15) is 109 Å². The molecular formula is C20H38N4O2. The van der Waals surface area contributed by atoms with Crippen LogP contribution >= 0.6 is 0 Å². The zero-order chi connectivity index (χ0) is 18.9. The third kappa shape index (κ3) is 12.8. The molecule has 0 amide bonds. The molecule has 0 aliphatic heterocycles. The van der Waals surface area contributed by atoms with Gasteiger partial charge in [0.25, 0.3) is 0 Å². The van der Waals surface area contributed by atoms with Crippen LogP contribution in [0, 0.1) is 0 Å². The quantitative estimate of drug-likeness (QED) is 0.362. The van der Waals surface area contributed by atoms with Crippen molar-refractivity contribution in [1.82, 2.24) is 20.2 Å². The zero-order valence-electron chi connectivity index (χ0n) is 16.7. The minimum atomic E-state index is -0.944. The summed E-state index contributed by atoms with van der Waals surface area (Å²) in [5.41, 5.74) is 0. The Morgan fingerprint density at radius 1 is 0.808 bits per heavy atom. The Bertz CT molecular complexity index is 462. The number of aryl methyl sites for hydroxylation is 1. The molecule has 0 radical (unpaired) electrons. The lowest BCUT2D eigenvalue weighted by Crippen LogP contribution is -2.11. The lowest BCUT2D eigenvalue weighted by atomic mass is 10.0. The van der Waals surface area contributed by atoms with Crippen LogP contribution in [-0.2, 0) is 17.8 Å². The number of carboxylic acids is 1. The Hall–Kier alpha value is -1.46. The summed E-state index contributed by atoms with van der Waals surface area (Å²) in [6.07, 6.45) is 21.0. The number of hydrogen-bond acceptors (Lipinski definition) is 4. The SMILES string of the molecule is CCCCCCCCCCCCCCCCCc1nnn(CC(=O)O)n1. The number of rotatable bonds is 18. The van der Waals surface area contributed by atoms with Crippen molar-refractivity contribution in [1.29, 1.82) is 0 Å². The van der Waals surface area contributed by atoms with Gasteiger partial charge in [-0.05, 0) is 11.6 Å². The second kappa shape index (κ2) is 15.8. The molecular weight excluding hydrogens is 328 g/mol. The second-order valence-electron chi connectivity index (χ2n) is 7.33. The van der Waals surface area contributed by atoms with Crippen molar-refractivity contribution < 1.29 is 9.90 Å². The van der Waals surface area contributed by atoms with Crippen molar-refractivity contribution in [2.45, 2.75) is 116 Å². The molecule has 0 bridgehead atoms. The molecule has 0 atom stereocenters. The standard InChI is InChI=1S/C20H38N4O2/c1-2-3-4-5-6-7-8-9-10-11-12-13-14-15-16-17-19-21-23-24(22-19)18-20(25)26/h2-18H2,1H3,(H,25,26). The molecule has 0 saturated heterocycles. The maximum absolute atomic E-state index is 10.6. The average molecular weight is 367 g/mol. The van der Waals surface area contributed by atoms with Crippen LogP contribution in [0.2, 0.25) is 0 Å². The van der Waals surface area contributed by atoms with Crippen LogP contribution in [0.5, 0.6) is 0 Å². The van der Waals surface area contributed by atoms with E-state index in [1.807, 2.05) is 0 Å². The molecule has 26 heavy (non-hydrogen) atoms. The minimum Gasteiger partial charge on any atom is -0.480 e. The number of carboxylic acid groups (broad SMARTS) is 1. The van der Waals surface area contributed by atoms with Gasteiger partial charge in [0, 0.05) is 6.42 Å². The van der Waals surface area contributed by atoms with E-state index in [9.17, 15) is 4.79 Å². The van der Waals surface area contributed by atoms with Crippen LogP contribution in [0.15, 0.2) is 0 Å². The number of hydrogen-bond donors (Lipinski definition) is 1. The van der Waals surface area contributed by atoms with Gasteiger partial charge in [-0.15, -0.1) is 10.2 Å². The van der Waals surface area contributed by atoms with Crippen LogP contribution in [-0.4, -0.2) is 31.3 Å². The van der Waals surface area contributed by atoms with E-state index < -0.39 is 5.97 Å². The van der Waals surface area contributed by atoms with E-state index in [-0.39, 0.29) is 6.54 Å². The predicted octanol–water partition coefficient (Wildman–Crippen LogP) is 5.17. The molecule has 6 nitrogen and oxygen atoms in total. The first-order valence-corrected chi connectivity index (χ1v) is 10.7. The number of tetrazole rings is 1. The maximum atomic E-state index is 10.6. The van der Waals surface area contributed by atoms with E-state index in [0.717, 1.165) is 17.6 Å². The Morgan fingerprint density at radius 2 is 1.27 bits per heavy atom. The van der Waals surface area contributed by atoms with Gasteiger partial charge in [0.05, 0.1) is 0 Å². The molecule has 150 valence electrons. The number of carbonyl (C=O) groups is 1. The first kappa shape index (κ1) is 22.6. The van der Waals surface area contributed by atoms with E-state index in [0.29, 0.717) is 5.82 Å². The van der Waals surface area contributed by atoms with Crippen molar-refractivity contribution in [3.8, 4) is 0 Å². The van der Waals surface area contributed by atoms with Crippen molar-refractivity contribution in [2.24, 2.45) is 0 Å². The first-order chi connectivity index (χ1) is 12.7. The highest BCUT2D eigenvalue weighted by molar-refractivity contribution is 5.66. The highest BCUT2D eigenvalue weighted by Gasteiger charge is 2.05. The molecule has 1 rings (SSSR count). The topological polar surface area (TPSA) is 80.9 Å². The molecule has 1 heterocycles. The van der Waals surface area contributed by atoms with Gasteiger partial charge < -0.3 is 5.11 Å². The van der Waals surface area contributed by atoms with Crippen molar-refractivity contribution in [2.75, 3.05) is 0 Å². The normalized spacial score (nSPS) is 11.1. The molecule has 1 aromatic heterocycles. The van der Waals surface area contributed by atoms with Gasteiger partial charge in [0.15, 0.2) is 12.4 Å². The molecule has 0 unspecified atom stereocenters. The summed E-state index contributed by atoms with van der Waals surface area (Å²) in [7, 11) is 0. The third-order valence-electron chi connectivity index (χ3n) is 4.77. The van der Waals surface area contributed by atoms with Crippen LogP contribution < -0.4 is 0 Å². The summed E-state index contributed by atoms with van der Waals surface area (Å²) in [6, 6.07) is 0. The first-order valence-electron chi connectivity index (χ1n) is 10.7. The summed E-state index contributed by atoms with van der Waals surface area (Å²) >= 11 is 0. The van der Waals surface area contributed by atoms with Gasteiger partial charge in [-0.25, -0.2) is 0 Å². The van der Waals surface area contributed by atoms with Crippen LogP contribution in [0.3, 0.4) is 0 Å². The smallest absolute Gasteiger partial charge is 0.327 e. The molecule has 1 N–H and O–H groups in total. The largest absolute Gasteiger partial charge is 0.480 e. The van der Waals surface area contributed by atoms with Crippen molar-refractivity contribution in [3.63, 3.8) is 0 Å². The van der Waals surface area contributed by atoms with Crippen LogP contribution in [0.4, 0.5) is 0 Å². The molecule has 0 fully saturated rings. The predicted molar refractivity (Wildman–Crippen MR) is 104 cm³/mol. The van der Waals surface area contributed by atoms with Gasteiger partial charge in [0.2, 0.25) is 0 Å². The van der Waals surface area contributed by atoms with Gasteiger partial charge in [0.1, 0.15) is 0 Å². The Labute approximate surface area is 158 Å². The molecule has 0 spiro atoms. The average Bonchev–Trinajstić information content (AvgIpc) is 3.05. The number of nitrogens with zero attached hydrogens (tertiary/aromatic N) is 4. The summed E-state index contributed by atoms with van der Waals surface area (Å²) < 4.78 is 0. The van der Waals surface area contributed by atoms with Gasteiger partial charge in [-0.2, -0.15) is 4.80 Å². The van der Waals surface area contributed by atoms with E-state index in [1.54, 1.807) is 0 Å². The Morgan fingerprint density at radius 3 is 1.73 bits per heavy atom. The molecule has 1 aromatic rings. The zero-order valence-corrected chi connectivity index (χ0v) is 16.7. The molecule has 0 saturated carbocycles. The Kier molecular flexibility index (Phi) is 13.7.